The van der Waals surface area contributed by atoms with E-state index in [-0.39, 0.29) is 25.8 Å². The zero-order valence-electron chi connectivity index (χ0n) is 13.0. The monoisotopic (exact) mass is 335 g/mol. The number of fused-ring (bicyclic) bond motifs is 1. The van der Waals surface area contributed by atoms with Gasteiger partial charge < -0.3 is 14.6 Å². The zero-order valence-corrected chi connectivity index (χ0v) is 13.0. The van der Waals surface area contributed by atoms with Gasteiger partial charge in [-0.1, -0.05) is 0 Å². The number of carboxylic acids is 1. The Kier molecular flexibility index (Phi) is 4.56. The molecule has 0 saturated carbocycles. The standard InChI is InChI=1S/C14H17N5O5/c1-2-23-9-3-11(13(20)21)19(5-9)14(22)24-8-18-7-17-10-4-15-6-16-12(10)18/h4,6-7,9,11H,2-3,5,8H2,1H3,(H,20,21)/t9-,11+/m1/s1. The topological polar surface area (TPSA) is 120 Å². The lowest BCUT2D eigenvalue weighted by molar-refractivity contribution is -0.141. The Balaban J connectivity index is 1.66. The molecule has 1 amide bonds. The molecule has 0 aromatic carbocycles. The molecule has 0 spiro atoms. The summed E-state index contributed by atoms with van der Waals surface area (Å²) in [5.41, 5.74) is 1.11. The second-order valence-electron chi connectivity index (χ2n) is 5.30. The number of imidazole rings is 1. The summed E-state index contributed by atoms with van der Waals surface area (Å²) in [5, 5.41) is 9.27. The summed E-state index contributed by atoms with van der Waals surface area (Å²) in [6, 6.07) is -0.948. The van der Waals surface area contributed by atoms with Gasteiger partial charge in [0.1, 0.15) is 17.9 Å². The highest BCUT2D eigenvalue weighted by Gasteiger charge is 2.41. The van der Waals surface area contributed by atoms with Crippen molar-refractivity contribution in [3.63, 3.8) is 0 Å². The van der Waals surface area contributed by atoms with Gasteiger partial charge in [0.05, 0.1) is 25.2 Å². The van der Waals surface area contributed by atoms with E-state index in [2.05, 4.69) is 15.0 Å². The van der Waals surface area contributed by atoms with Crippen molar-refractivity contribution in [1.29, 1.82) is 0 Å². The van der Waals surface area contributed by atoms with Crippen molar-refractivity contribution in [3.05, 3.63) is 18.9 Å². The van der Waals surface area contributed by atoms with Crippen molar-refractivity contribution in [2.75, 3.05) is 13.2 Å². The summed E-state index contributed by atoms with van der Waals surface area (Å²) in [4.78, 5) is 36.8. The molecule has 128 valence electrons. The molecule has 2 aromatic rings. The molecule has 10 nitrogen and oxygen atoms in total. The molecule has 1 saturated heterocycles. The molecule has 1 aliphatic heterocycles. The van der Waals surface area contributed by atoms with Crippen molar-refractivity contribution in [2.24, 2.45) is 0 Å². The van der Waals surface area contributed by atoms with E-state index in [1.165, 1.54) is 17.6 Å². The first kappa shape index (κ1) is 16.1. The Morgan fingerprint density at radius 3 is 3.00 bits per heavy atom. The van der Waals surface area contributed by atoms with Crippen molar-refractivity contribution >= 4 is 23.2 Å². The normalized spacial score (nSPS) is 20.5. The molecule has 0 radical (unpaired) electrons. The first-order valence-corrected chi connectivity index (χ1v) is 7.48. The number of carbonyl (C=O) groups excluding carboxylic acids is 1. The van der Waals surface area contributed by atoms with E-state index in [0.29, 0.717) is 17.8 Å². The van der Waals surface area contributed by atoms with E-state index >= 15 is 0 Å². The van der Waals surface area contributed by atoms with Crippen LogP contribution in [-0.2, 0) is 21.0 Å². The Morgan fingerprint density at radius 1 is 1.42 bits per heavy atom. The molecule has 0 unspecified atom stereocenters. The van der Waals surface area contributed by atoms with Gasteiger partial charge in [0, 0.05) is 13.0 Å². The largest absolute Gasteiger partial charge is 0.480 e. The van der Waals surface area contributed by atoms with E-state index in [1.54, 1.807) is 10.8 Å². The van der Waals surface area contributed by atoms with Crippen molar-refractivity contribution < 1.29 is 24.2 Å². The lowest BCUT2D eigenvalue weighted by Crippen LogP contribution is -2.41. The van der Waals surface area contributed by atoms with Crippen LogP contribution in [0.2, 0.25) is 0 Å². The Hall–Kier alpha value is -2.75. The van der Waals surface area contributed by atoms with Gasteiger partial charge in [-0.3, -0.25) is 9.47 Å². The van der Waals surface area contributed by atoms with Gasteiger partial charge in [-0.25, -0.2) is 24.5 Å². The molecule has 1 N–H and O–H groups in total. The van der Waals surface area contributed by atoms with Crippen molar-refractivity contribution in [1.82, 2.24) is 24.4 Å². The van der Waals surface area contributed by atoms with Gasteiger partial charge >= 0.3 is 12.1 Å². The minimum absolute atomic E-state index is 0.117. The summed E-state index contributed by atoms with van der Waals surface area (Å²) >= 11 is 0. The summed E-state index contributed by atoms with van der Waals surface area (Å²) in [6.07, 6.45) is 3.64. The number of hydrogen-bond donors (Lipinski definition) is 1. The highest BCUT2D eigenvalue weighted by molar-refractivity contribution is 5.81. The highest BCUT2D eigenvalue weighted by atomic mass is 16.6. The third-order valence-electron chi connectivity index (χ3n) is 3.79. The van der Waals surface area contributed by atoms with Gasteiger partial charge in [0.15, 0.2) is 12.4 Å². The van der Waals surface area contributed by atoms with Crippen molar-refractivity contribution in [2.45, 2.75) is 32.2 Å². The molecule has 1 aliphatic rings. The second kappa shape index (κ2) is 6.79. The maximum absolute atomic E-state index is 12.3. The lowest BCUT2D eigenvalue weighted by Gasteiger charge is -2.20. The first-order valence-electron chi connectivity index (χ1n) is 7.48. The van der Waals surface area contributed by atoms with Crippen molar-refractivity contribution in [3.8, 4) is 0 Å². The summed E-state index contributed by atoms with van der Waals surface area (Å²) < 4.78 is 12.2. The van der Waals surface area contributed by atoms with Crippen LogP contribution in [0.4, 0.5) is 4.79 Å². The molecule has 24 heavy (non-hydrogen) atoms. The van der Waals surface area contributed by atoms with Gasteiger partial charge in [-0.05, 0) is 6.92 Å². The quantitative estimate of drug-likeness (QED) is 0.838. The van der Waals surface area contributed by atoms with Crippen LogP contribution >= 0.6 is 0 Å². The summed E-state index contributed by atoms with van der Waals surface area (Å²) in [5.74, 6) is -1.07. The van der Waals surface area contributed by atoms with Gasteiger partial charge in [-0.2, -0.15) is 0 Å². The maximum atomic E-state index is 12.3. The number of amides is 1. The van der Waals surface area contributed by atoms with Crippen LogP contribution in [0.15, 0.2) is 18.9 Å². The van der Waals surface area contributed by atoms with Crippen LogP contribution in [0.5, 0.6) is 0 Å². The fourth-order valence-corrected chi connectivity index (χ4v) is 2.71. The number of aliphatic carboxylic acids is 1. The number of nitrogens with zero attached hydrogens (tertiary/aromatic N) is 5. The summed E-state index contributed by atoms with van der Waals surface area (Å²) in [7, 11) is 0. The molecule has 0 bridgehead atoms. The Labute approximate surface area is 137 Å². The predicted octanol–water partition coefficient (Wildman–Crippen LogP) is 0.484. The third-order valence-corrected chi connectivity index (χ3v) is 3.79. The van der Waals surface area contributed by atoms with E-state index in [4.69, 9.17) is 9.47 Å². The van der Waals surface area contributed by atoms with Crippen LogP contribution in [0.25, 0.3) is 11.2 Å². The zero-order chi connectivity index (χ0) is 17.1. The summed E-state index contributed by atoms with van der Waals surface area (Å²) in [6.45, 7) is 2.36. The Bertz CT molecular complexity index is 748. The van der Waals surface area contributed by atoms with Crippen LogP contribution in [0.3, 0.4) is 0 Å². The number of carboxylic acid groups (broad SMARTS) is 1. The van der Waals surface area contributed by atoms with E-state index < -0.39 is 18.1 Å². The fraction of sp³-hybridized carbons (Fsp3) is 0.500. The molecule has 10 heteroatoms. The number of hydrogen-bond acceptors (Lipinski definition) is 7. The fourth-order valence-electron chi connectivity index (χ4n) is 2.71. The van der Waals surface area contributed by atoms with Crippen LogP contribution in [0, 0.1) is 0 Å². The minimum Gasteiger partial charge on any atom is -0.480 e. The van der Waals surface area contributed by atoms with Crippen LogP contribution in [0.1, 0.15) is 13.3 Å². The number of rotatable bonds is 5. The number of carbonyl (C=O) groups is 2. The van der Waals surface area contributed by atoms with Crippen LogP contribution < -0.4 is 0 Å². The Morgan fingerprint density at radius 2 is 2.25 bits per heavy atom. The predicted molar refractivity (Wildman–Crippen MR) is 80.0 cm³/mol. The lowest BCUT2D eigenvalue weighted by atomic mass is 10.2. The molecule has 2 atom stereocenters. The molecule has 1 fully saturated rings. The molecule has 3 rings (SSSR count). The average molecular weight is 335 g/mol. The molecular formula is C14H17N5O5. The smallest absolute Gasteiger partial charge is 0.412 e. The van der Waals surface area contributed by atoms with E-state index in [0.717, 1.165) is 0 Å². The maximum Gasteiger partial charge on any atom is 0.412 e. The average Bonchev–Trinajstić information content (AvgIpc) is 3.17. The third kappa shape index (κ3) is 3.13. The minimum atomic E-state index is -1.07. The number of likely N-dealkylation sites (tertiary alicyclic amines) is 1. The molecule has 3 heterocycles. The first-order chi connectivity index (χ1) is 11.6. The van der Waals surface area contributed by atoms with Crippen LogP contribution in [-0.4, -0.2) is 66.9 Å². The van der Waals surface area contributed by atoms with Gasteiger partial charge in [-0.15, -0.1) is 0 Å². The number of aromatic nitrogens is 4. The van der Waals surface area contributed by atoms with E-state index in [1.807, 2.05) is 6.92 Å². The van der Waals surface area contributed by atoms with Gasteiger partial charge in [0.2, 0.25) is 0 Å². The molecule has 2 aromatic heterocycles. The SMILES string of the molecule is CCO[C@@H]1C[C@@H](C(=O)O)N(C(=O)OCn2cnc3cncnc32)C1. The highest BCUT2D eigenvalue weighted by Crippen LogP contribution is 2.22. The second-order valence-corrected chi connectivity index (χ2v) is 5.30. The number of ether oxygens (including phenoxy) is 2. The van der Waals surface area contributed by atoms with E-state index in [9.17, 15) is 14.7 Å². The molecular weight excluding hydrogens is 318 g/mol. The van der Waals surface area contributed by atoms with Gasteiger partial charge in [0.25, 0.3) is 0 Å². The molecule has 0 aliphatic carbocycles.